The number of nitrogens with zero attached hydrogens (tertiary/aromatic N) is 1. The van der Waals surface area contributed by atoms with Crippen LogP contribution in [-0.4, -0.2) is 39.8 Å². The van der Waals surface area contributed by atoms with Crippen LogP contribution < -0.4 is 19.1 Å². The van der Waals surface area contributed by atoms with E-state index >= 15 is 0 Å². The fourth-order valence-corrected chi connectivity index (χ4v) is 3.91. The van der Waals surface area contributed by atoms with Gasteiger partial charge in [0.05, 0.1) is 11.9 Å². The van der Waals surface area contributed by atoms with Crippen LogP contribution in [0.5, 0.6) is 11.5 Å². The van der Waals surface area contributed by atoms with E-state index in [-0.39, 0.29) is 0 Å². The van der Waals surface area contributed by atoms with Crippen molar-refractivity contribution >= 4 is 27.3 Å². The minimum Gasteiger partial charge on any atom is -0.486 e. The standard InChI is InChI=1S/C18H20N2O5S/c1-13(18(21)19-14-6-4-3-5-7-14)20(26(2,22)23)15-8-9-16-17(12-15)25-11-10-24-16/h3-9,12-13H,10-11H2,1-2H3,(H,19,21)/t13-/m0/s1. The van der Waals surface area contributed by atoms with Crippen molar-refractivity contribution in [3.05, 3.63) is 48.5 Å². The lowest BCUT2D eigenvalue weighted by Gasteiger charge is -2.29. The number of amides is 1. The Balaban J connectivity index is 1.90. The second kappa shape index (κ2) is 7.25. The molecule has 2 aromatic carbocycles. The lowest BCUT2D eigenvalue weighted by molar-refractivity contribution is -0.116. The first-order valence-corrected chi connectivity index (χ1v) is 9.96. The number of hydrogen-bond donors (Lipinski definition) is 1. The highest BCUT2D eigenvalue weighted by Crippen LogP contribution is 2.35. The zero-order valence-corrected chi connectivity index (χ0v) is 15.3. The predicted molar refractivity (Wildman–Crippen MR) is 99.3 cm³/mol. The Morgan fingerprint density at radius 3 is 2.38 bits per heavy atom. The maximum Gasteiger partial charge on any atom is 0.247 e. The molecule has 138 valence electrons. The lowest BCUT2D eigenvalue weighted by atomic mass is 10.2. The van der Waals surface area contributed by atoms with Gasteiger partial charge < -0.3 is 14.8 Å². The Morgan fingerprint density at radius 2 is 1.73 bits per heavy atom. The molecule has 0 aromatic heterocycles. The number of nitrogens with one attached hydrogen (secondary N) is 1. The number of anilines is 2. The number of ether oxygens (including phenoxy) is 2. The van der Waals surface area contributed by atoms with E-state index in [9.17, 15) is 13.2 Å². The third-order valence-electron chi connectivity index (χ3n) is 3.91. The molecule has 0 saturated heterocycles. The number of rotatable bonds is 5. The van der Waals surface area contributed by atoms with E-state index in [4.69, 9.17) is 9.47 Å². The molecule has 0 spiro atoms. The number of benzene rings is 2. The average Bonchev–Trinajstić information content (AvgIpc) is 2.61. The van der Waals surface area contributed by atoms with Crippen molar-refractivity contribution in [1.82, 2.24) is 0 Å². The summed E-state index contributed by atoms with van der Waals surface area (Å²) >= 11 is 0. The molecule has 0 aliphatic carbocycles. The van der Waals surface area contributed by atoms with Crippen LogP contribution in [0.3, 0.4) is 0 Å². The Labute approximate surface area is 152 Å². The molecule has 0 fully saturated rings. The highest BCUT2D eigenvalue weighted by Gasteiger charge is 2.30. The first-order valence-electron chi connectivity index (χ1n) is 8.11. The molecule has 26 heavy (non-hydrogen) atoms. The smallest absolute Gasteiger partial charge is 0.247 e. The molecular formula is C18H20N2O5S. The molecule has 0 unspecified atom stereocenters. The molecule has 7 nitrogen and oxygen atoms in total. The number of carbonyl (C=O) groups excluding carboxylic acids is 1. The highest BCUT2D eigenvalue weighted by atomic mass is 32.2. The lowest BCUT2D eigenvalue weighted by Crippen LogP contribution is -2.45. The van der Waals surface area contributed by atoms with Crippen LogP contribution in [0.25, 0.3) is 0 Å². The number of para-hydroxylation sites is 1. The van der Waals surface area contributed by atoms with Crippen molar-refractivity contribution in [1.29, 1.82) is 0 Å². The molecule has 0 radical (unpaired) electrons. The van der Waals surface area contributed by atoms with Crippen molar-refractivity contribution in [2.75, 3.05) is 29.1 Å². The molecule has 1 atom stereocenters. The van der Waals surface area contributed by atoms with Crippen LogP contribution in [0.1, 0.15) is 6.92 Å². The summed E-state index contributed by atoms with van der Waals surface area (Å²) in [5.74, 6) is 0.574. The van der Waals surface area contributed by atoms with Crippen LogP contribution in [0, 0.1) is 0 Å². The van der Waals surface area contributed by atoms with E-state index in [0.29, 0.717) is 36.1 Å². The Bertz CT molecular complexity index is 899. The molecule has 1 heterocycles. The van der Waals surface area contributed by atoms with Crippen molar-refractivity contribution < 1.29 is 22.7 Å². The zero-order valence-electron chi connectivity index (χ0n) is 14.5. The van der Waals surface area contributed by atoms with E-state index in [2.05, 4.69) is 5.32 Å². The Kier molecular flexibility index (Phi) is 5.03. The van der Waals surface area contributed by atoms with Crippen molar-refractivity contribution in [2.45, 2.75) is 13.0 Å². The van der Waals surface area contributed by atoms with Crippen LogP contribution in [0.15, 0.2) is 48.5 Å². The largest absolute Gasteiger partial charge is 0.486 e. The van der Waals surface area contributed by atoms with E-state index in [0.717, 1.165) is 10.6 Å². The molecule has 1 aliphatic heterocycles. The van der Waals surface area contributed by atoms with Crippen LogP contribution in [0.2, 0.25) is 0 Å². The predicted octanol–water partition coefficient (Wildman–Crippen LogP) is 2.25. The van der Waals surface area contributed by atoms with Gasteiger partial charge in [-0.05, 0) is 31.2 Å². The van der Waals surface area contributed by atoms with E-state index in [1.165, 1.54) is 6.92 Å². The molecule has 1 N–H and O–H groups in total. The Hall–Kier alpha value is -2.74. The van der Waals surface area contributed by atoms with Crippen molar-refractivity contribution in [3.8, 4) is 11.5 Å². The van der Waals surface area contributed by atoms with Crippen LogP contribution in [0.4, 0.5) is 11.4 Å². The maximum absolute atomic E-state index is 12.6. The first kappa shape index (κ1) is 18.1. The van der Waals surface area contributed by atoms with E-state index < -0.39 is 22.0 Å². The molecular weight excluding hydrogens is 356 g/mol. The highest BCUT2D eigenvalue weighted by molar-refractivity contribution is 7.92. The molecule has 3 rings (SSSR count). The van der Waals surface area contributed by atoms with Crippen molar-refractivity contribution in [2.24, 2.45) is 0 Å². The van der Waals surface area contributed by atoms with Crippen LogP contribution in [-0.2, 0) is 14.8 Å². The molecule has 8 heteroatoms. The summed E-state index contributed by atoms with van der Waals surface area (Å²) in [5.41, 5.74) is 0.937. The summed E-state index contributed by atoms with van der Waals surface area (Å²) in [6.45, 7) is 2.37. The second-order valence-electron chi connectivity index (χ2n) is 5.92. The van der Waals surface area contributed by atoms with Gasteiger partial charge in [0.25, 0.3) is 0 Å². The molecule has 1 aliphatic rings. The SMILES string of the molecule is C[C@@H](C(=O)Nc1ccccc1)N(c1ccc2c(c1)OCCO2)S(C)(=O)=O. The van der Waals surface area contributed by atoms with Gasteiger partial charge in [-0.3, -0.25) is 9.10 Å². The molecule has 0 bridgehead atoms. The van der Waals surface area contributed by atoms with Gasteiger partial charge in [0.2, 0.25) is 15.9 Å². The zero-order chi connectivity index (χ0) is 18.7. The average molecular weight is 376 g/mol. The summed E-state index contributed by atoms with van der Waals surface area (Å²) in [6.07, 6.45) is 1.07. The summed E-state index contributed by atoms with van der Waals surface area (Å²) in [6, 6.07) is 12.7. The Morgan fingerprint density at radius 1 is 1.08 bits per heavy atom. The fourth-order valence-electron chi connectivity index (χ4n) is 2.75. The summed E-state index contributed by atoms with van der Waals surface area (Å²) in [7, 11) is -3.70. The number of fused-ring (bicyclic) bond motifs is 1. The van der Waals surface area contributed by atoms with Gasteiger partial charge in [-0.1, -0.05) is 18.2 Å². The normalized spacial score (nSPS) is 14.4. The third kappa shape index (κ3) is 3.91. The molecule has 2 aromatic rings. The van der Waals surface area contributed by atoms with E-state index in [1.807, 2.05) is 6.07 Å². The summed E-state index contributed by atoms with van der Waals surface area (Å²) in [5, 5.41) is 2.73. The fraction of sp³-hybridized carbons (Fsp3) is 0.278. The van der Waals surface area contributed by atoms with Crippen LogP contribution >= 0.6 is 0 Å². The molecule has 0 saturated carbocycles. The van der Waals surface area contributed by atoms with Gasteiger partial charge in [-0.15, -0.1) is 0 Å². The van der Waals surface area contributed by atoms with Gasteiger partial charge in [-0.25, -0.2) is 8.42 Å². The summed E-state index contributed by atoms with van der Waals surface area (Å²) in [4.78, 5) is 12.6. The monoisotopic (exact) mass is 376 g/mol. The minimum atomic E-state index is -3.70. The van der Waals surface area contributed by atoms with Gasteiger partial charge in [-0.2, -0.15) is 0 Å². The topological polar surface area (TPSA) is 84.9 Å². The summed E-state index contributed by atoms with van der Waals surface area (Å²) < 4.78 is 36.8. The second-order valence-corrected chi connectivity index (χ2v) is 7.78. The number of sulfonamides is 1. The number of hydrogen-bond acceptors (Lipinski definition) is 5. The minimum absolute atomic E-state index is 0.340. The van der Waals surface area contributed by atoms with Gasteiger partial charge >= 0.3 is 0 Å². The first-order chi connectivity index (χ1) is 12.4. The maximum atomic E-state index is 12.6. The van der Waals surface area contributed by atoms with E-state index in [1.54, 1.807) is 42.5 Å². The third-order valence-corrected chi connectivity index (χ3v) is 5.15. The van der Waals surface area contributed by atoms with Gasteiger partial charge in [0.15, 0.2) is 11.5 Å². The quantitative estimate of drug-likeness (QED) is 0.865. The number of carbonyl (C=O) groups is 1. The van der Waals surface area contributed by atoms with Gasteiger partial charge in [0, 0.05) is 11.8 Å². The van der Waals surface area contributed by atoms with Gasteiger partial charge in [0.1, 0.15) is 19.3 Å². The molecule has 1 amide bonds. The van der Waals surface area contributed by atoms with Crippen molar-refractivity contribution in [3.63, 3.8) is 0 Å².